The highest BCUT2D eigenvalue weighted by atomic mass is 16.1. The average molecular weight is 296 g/mol. The topological polar surface area (TPSA) is 48.0 Å². The molecule has 0 saturated heterocycles. The zero-order chi connectivity index (χ0) is 16.1. The van der Waals surface area contributed by atoms with Crippen molar-refractivity contribution in [3.8, 4) is 11.1 Å². The van der Waals surface area contributed by atoms with Crippen molar-refractivity contribution < 1.29 is 4.79 Å². The highest BCUT2D eigenvalue weighted by Gasteiger charge is 2.23. The van der Waals surface area contributed by atoms with Crippen molar-refractivity contribution in [2.75, 3.05) is 0 Å². The Labute approximate surface area is 132 Å². The Kier molecular flexibility index (Phi) is 5.21. The van der Waals surface area contributed by atoms with Crippen LogP contribution in [-0.2, 0) is 13.0 Å². The molecule has 1 aromatic heterocycles. The van der Waals surface area contributed by atoms with E-state index in [0.29, 0.717) is 12.1 Å². The maximum Gasteiger partial charge on any atom is 0.251 e. The number of aromatic nitrogens is 1. The number of unbranched alkanes of at least 4 members (excludes halogenated alkanes) is 1. The van der Waals surface area contributed by atoms with E-state index in [0.717, 1.165) is 36.1 Å². The number of allylic oxidation sites excluding steroid dienone is 1. The summed E-state index contributed by atoms with van der Waals surface area (Å²) in [6, 6.07) is 10.0. The fraction of sp³-hybridized carbons (Fsp3) is 0.316. The number of carbonyl (C=O) groups is 1. The van der Waals surface area contributed by atoms with E-state index in [1.807, 2.05) is 43.3 Å². The third-order valence-electron chi connectivity index (χ3n) is 4.02. The molecule has 0 aliphatic heterocycles. The molecule has 3 nitrogen and oxygen atoms in total. The minimum absolute atomic E-state index is 0.364. The molecule has 2 N–H and O–H groups in total. The molecular formula is C19H24N2O. The van der Waals surface area contributed by atoms with Gasteiger partial charge in [0, 0.05) is 23.5 Å². The molecule has 22 heavy (non-hydrogen) atoms. The number of rotatable bonds is 7. The zero-order valence-electron chi connectivity index (χ0n) is 13.4. The Morgan fingerprint density at radius 2 is 2.00 bits per heavy atom. The third-order valence-corrected chi connectivity index (χ3v) is 4.02. The third kappa shape index (κ3) is 2.98. The van der Waals surface area contributed by atoms with E-state index < -0.39 is 0 Å². The molecular weight excluding hydrogens is 272 g/mol. The fourth-order valence-corrected chi connectivity index (χ4v) is 3.00. The minimum atomic E-state index is -0.364. The number of hydrogen-bond donors (Lipinski definition) is 1. The number of carbonyl (C=O) groups excluding carboxylic acids is 1. The summed E-state index contributed by atoms with van der Waals surface area (Å²) in [7, 11) is 0. The van der Waals surface area contributed by atoms with Crippen LogP contribution < -0.4 is 5.73 Å². The summed E-state index contributed by atoms with van der Waals surface area (Å²) in [6.45, 7) is 8.67. The van der Waals surface area contributed by atoms with E-state index in [-0.39, 0.29) is 5.91 Å². The molecule has 0 spiro atoms. The summed E-state index contributed by atoms with van der Waals surface area (Å²) < 4.78 is 2.17. The van der Waals surface area contributed by atoms with Gasteiger partial charge in [0.25, 0.3) is 5.91 Å². The Morgan fingerprint density at radius 1 is 1.32 bits per heavy atom. The van der Waals surface area contributed by atoms with E-state index in [4.69, 9.17) is 5.73 Å². The summed E-state index contributed by atoms with van der Waals surface area (Å²) in [5.74, 6) is -0.364. The molecule has 1 amide bonds. The maximum atomic E-state index is 12.0. The largest absolute Gasteiger partial charge is 0.366 e. The van der Waals surface area contributed by atoms with Crippen LogP contribution >= 0.6 is 0 Å². The van der Waals surface area contributed by atoms with E-state index in [2.05, 4.69) is 18.1 Å². The molecule has 0 fully saturated rings. The molecule has 1 heterocycles. The SMILES string of the molecule is C=CCn1c(C)c(C(N)=O)c(-c2ccccc2)c1CCCC. The van der Waals surface area contributed by atoms with Gasteiger partial charge in [-0.2, -0.15) is 0 Å². The van der Waals surface area contributed by atoms with Crippen LogP contribution in [0.3, 0.4) is 0 Å². The number of hydrogen-bond acceptors (Lipinski definition) is 1. The number of benzene rings is 1. The van der Waals surface area contributed by atoms with Crippen molar-refractivity contribution in [3.63, 3.8) is 0 Å². The monoisotopic (exact) mass is 296 g/mol. The molecule has 116 valence electrons. The lowest BCUT2D eigenvalue weighted by Crippen LogP contribution is -2.13. The molecule has 0 aliphatic carbocycles. The molecule has 0 bridgehead atoms. The number of amides is 1. The Hall–Kier alpha value is -2.29. The van der Waals surface area contributed by atoms with Gasteiger partial charge in [0.15, 0.2) is 0 Å². The van der Waals surface area contributed by atoms with Gasteiger partial charge in [-0.3, -0.25) is 4.79 Å². The highest BCUT2D eigenvalue weighted by molar-refractivity contribution is 6.02. The van der Waals surface area contributed by atoms with Crippen molar-refractivity contribution in [3.05, 3.63) is 59.9 Å². The highest BCUT2D eigenvalue weighted by Crippen LogP contribution is 2.33. The van der Waals surface area contributed by atoms with Crippen LogP contribution in [0.1, 0.15) is 41.5 Å². The summed E-state index contributed by atoms with van der Waals surface area (Å²) in [6.07, 6.45) is 4.99. The van der Waals surface area contributed by atoms with Gasteiger partial charge in [0.2, 0.25) is 0 Å². The molecule has 0 atom stereocenters. The van der Waals surface area contributed by atoms with Gasteiger partial charge >= 0.3 is 0 Å². The van der Waals surface area contributed by atoms with Crippen LogP contribution in [0, 0.1) is 6.92 Å². The maximum absolute atomic E-state index is 12.0. The van der Waals surface area contributed by atoms with Crippen LogP contribution in [0.5, 0.6) is 0 Å². The zero-order valence-corrected chi connectivity index (χ0v) is 13.4. The lowest BCUT2D eigenvalue weighted by atomic mass is 9.98. The summed E-state index contributed by atoms with van der Waals surface area (Å²) in [5, 5.41) is 0. The van der Waals surface area contributed by atoms with Gasteiger partial charge in [-0.25, -0.2) is 0 Å². The number of nitrogens with zero attached hydrogens (tertiary/aromatic N) is 1. The van der Waals surface area contributed by atoms with Crippen LogP contribution in [0.15, 0.2) is 43.0 Å². The second-order valence-corrected chi connectivity index (χ2v) is 5.52. The molecule has 3 heteroatoms. The van der Waals surface area contributed by atoms with Gasteiger partial charge in [0.1, 0.15) is 0 Å². The second kappa shape index (κ2) is 7.12. The summed E-state index contributed by atoms with van der Waals surface area (Å²) >= 11 is 0. The van der Waals surface area contributed by atoms with Gasteiger partial charge in [-0.1, -0.05) is 49.8 Å². The van der Waals surface area contributed by atoms with E-state index >= 15 is 0 Å². The van der Waals surface area contributed by atoms with Gasteiger partial charge in [-0.15, -0.1) is 6.58 Å². The molecule has 0 saturated carbocycles. The van der Waals surface area contributed by atoms with Crippen molar-refractivity contribution in [2.45, 2.75) is 39.7 Å². The molecule has 0 unspecified atom stereocenters. The lowest BCUT2D eigenvalue weighted by Gasteiger charge is -2.11. The van der Waals surface area contributed by atoms with Crippen molar-refractivity contribution >= 4 is 5.91 Å². The first kappa shape index (κ1) is 16.1. The second-order valence-electron chi connectivity index (χ2n) is 5.52. The number of primary amides is 1. The van der Waals surface area contributed by atoms with E-state index in [1.54, 1.807) is 0 Å². The molecule has 2 aromatic rings. The van der Waals surface area contributed by atoms with Crippen molar-refractivity contribution in [1.82, 2.24) is 4.57 Å². The Balaban J connectivity index is 2.73. The average Bonchev–Trinajstić information content (AvgIpc) is 2.79. The first-order valence-electron chi connectivity index (χ1n) is 7.79. The van der Waals surface area contributed by atoms with Crippen LogP contribution in [0.4, 0.5) is 0 Å². The lowest BCUT2D eigenvalue weighted by molar-refractivity contribution is 0.1000. The minimum Gasteiger partial charge on any atom is -0.366 e. The predicted molar refractivity (Wildman–Crippen MR) is 91.9 cm³/mol. The van der Waals surface area contributed by atoms with E-state index in [1.165, 1.54) is 5.69 Å². The quantitative estimate of drug-likeness (QED) is 0.769. The van der Waals surface area contributed by atoms with Crippen LogP contribution in [0.25, 0.3) is 11.1 Å². The fourth-order valence-electron chi connectivity index (χ4n) is 3.00. The Bertz CT molecular complexity index is 668. The predicted octanol–water partition coefficient (Wildman–Crippen LogP) is 4.09. The molecule has 2 rings (SSSR count). The summed E-state index contributed by atoms with van der Waals surface area (Å²) in [4.78, 5) is 12.0. The smallest absolute Gasteiger partial charge is 0.251 e. The van der Waals surface area contributed by atoms with Gasteiger partial charge in [0.05, 0.1) is 5.56 Å². The summed E-state index contributed by atoms with van der Waals surface area (Å²) in [5.41, 5.74) is 10.5. The van der Waals surface area contributed by atoms with Crippen molar-refractivity contribution in [2.24, 2.45) is 5.73 Å². The van der Waals surface area contributed by atoms with Crippen LogP contribution in [0.2, 0.25) is 0 Å². The standard InChI is InChI=1S/C19H24N2O/c1-4-6-12-16-18(15-10-8-7-9-11-15)17(19(20)22)14(3)21(16)13-5-2/h5,7-11H,2,4,6,12-13H2,1,3H3,(H2,20,22). The molecule has 1 aromatic carbocycles. The first-order valence-corrected chi connectivity index (χ1v) is 7.79. The van der Waals surface area contributed by atoms with Gasteiger partial charge in [-0.05, 0) is 25.3 Å². The van der Waals surface area contributed by atoms with Crippen LogP contribution in [-0.4, -0.2) is 10.5 Å². The molecule has 0 radical (unpaired) electrons. The molecule has 0 aliphatic rings. The van der Waals surface area contributed by atoms with Gasteiger partial charge < -0.3 is 10.3 Å². The van der Waals surface area contributed by atoms with E-state index in [9.17, 15) is 4.79 Å². The first-order chi connectivity index (χ1) is 10.6. The normalized spacial score (nSPS) is 10.6. The van der Waals surface area contributed by atoms with Crippen molar-refractivity contribution in [1.29, 1.82) is 0 Å². The number of nitrogens with two attached hydrogens (primary N) is 1. The Morgan fingerprint density at radius 3 is 2.55 bits per heavy atom.